The molecule has 1 N–H and O–H groups in total. The number of imide groups is 2. The summed E-state index contributed by atoms with van der Waals surface area (Å²) in [5.74, 6) is -0.452. The minimum atomic E-state index is -0.828. The first-order chi connectivity index (χ1) is 22.9. The van der Waals surface area contributed by atoms with Crippen molar-refractivity contribution in [1.29, 1.82) is 0 Å². The molecule has 1 aliphatic rings. The number of barbiturate groups is 1. The third-order valence-corrected chi connectivity index (χ3v) is 8.53. The quantitative estimate of drug-likeness (QED) is 0.128. The van der Waals surface area contributed by atoms with E-state index in [1.165, 1.54) is 6.08 Å². The van der Waals surface area contributed by atoms with Crippen molar-refractivity contribution < 1.29 is 23.9 Å². The SMILES string of the molecule is O=C1NC(=O)N(c2ccc(OCc3ccc(Br)cc3)cc2)C(=O)/C1=C/c1c(OCc2cccc3ccccc23)ccc2ccccc12. The lowest BCUT2D eigenvalue weighted by molar-refractivity contribution is -0.122. The Kier molecular flexibility index (Phi) is 8.25. The Morgan fingerprint density at radius 2 is 1.34 bits per heavy atom. The fourth-order valence-corrected chi connectivity index (χ4v) is 5.86. The molecular formula is C39H27BrN2O5. The van der Waals surface area contributed by atoms with Crippen LogP contribution in [-0.2, 0) is 22.8 Å². The van der Waals surface area contributed by atoms with Gasteiger partial charge in [0.15, 0.2) is 0 Å². The van der Waals surface area contributed by atoms with Crippen molar-refractivity contribution in [3.63, 3.8) is 0 Å². The molecular weight excluding hydrogens is 656 g/mol. The molecule has 1 heterocycles. The summed E-state index contributed by atoms with van der Waals surface area (Å²) in [7, 11) is 0. The highest BCUT2D eigenvalue weighted by atomic mass is 79.9. The Balaban J connectivity index is 1.18. The Morgan fingerprint density at radius 1 is 0.660 bits per heavy atom. The molecule has 4 amide bonds. The maximum atomic E-state index is 13.8. The first-order valence-corrected chi connectivity index (χ1v) is 15.7. The van der Waals surface area contributed by atoms with E-state index in [-0.39, 0.29) is 12.2 Å². The summed E-state index contributed by atoms with van der Waals surface area (Å²) in [5, 5.41) is 6.21. The number of amides is 4. The van der Waals surface area contributed by atoms with Crippen LogP contribution in [0.4, 0.5) is 10.5 Å². The van der Waals surface area contributed by atoms with E-state index >= 15 is 0 Å². The van der Waals surface area contributed by atoms with Gasteiger partial charge in [0, 0.05) is 10.0 Å². The van der Waals surface area contributed by atoms with Crippen LogP contribution in [0.5, 0.6) is 11.5 Å². The summed E-state index contributed by atoms with van der Waals surface area (Å²) in [4.78, 5) is 40.9. The van der Waals surface area contributed by atoms with Gasteiger partial charge in [-0.3, -0.25) is 14.9 Å². The van der Waals surface area contributed by atoms with Crippen LogP contribution >= 0.6 is 15.9 Å². The maximum Gasteiger partial charge on any atom is 0.335 e. The third kappa shape index (κ3) is 6.23. The van der Waals surface area contributed by atoms with E-state index in [9.17, 15) is 14.4 Å². The highest BCUT2D eigenvalue weighted by Crippen LogP contribution is 2.33. The van der Waals surface area contributed by atoms with Gasteiger partial charge in [0.25, 0.3) is 11.8 Å². The highest BCUT2D eigenvalue weighted by molar-refractivity contribution is 9.10. The van der Waals surface area contributed by atoms with E-state index < -0.39 is 17.8 Å². The molecule has 0 atom stereocenters. The molecule has 6 aromatic rings. The molecule has 47 heavy (non-hydrogen) atoms. The molecule has 0 bridgehead atoms. The Bertz CT molecular complexity index is 2190. The van der Waals surface area contributed by atoms with Crippen molar-refractivity contribution in [1.82, 2.24) is 5.32 Å². The van der Waals surface area contributed by atoms with Crippen molar-refractivity contribution in [2.45, 2.75) is 13.2 Å². The minimum Gasteiger partial charge on any atom is -0.489 e. The topological polar surface area (TPSA) is 84.9 Å². The number of carbonyl (C=O) groups excluding carboxylic acids is 3. The zero-order valence-electron chi connectivity index (χ0n) is 25.0. The predicted molar refractivity (Wildman–Crippen MR) is 186 cm³/mol. The second kappa shape index (κ2) is 12.9. The number of nitrogens with zero attached hydrogens (tertiary/aromatic N) is 1. The van der Waals surface area contributed by atoms with Gasteiger partial charge in [-0.25, -0.2) is 9.69 Å². The first kappa shape index (κ1) is 30.0. The molecule has 0 saturated carbocycles. The Hall–Kier alpha value is -5.73. The molecule has 6 aromatic carbocycles. The van der Waals surface area contributed by atoms with Crippen LogP contribution in [0.25, 0.3) is 27.6 Å². The van der Waals surface area contributed by atoms with Gasteiger partial charge < -0.3 is 9.47 Å². The second-order valence-electron chi connectivity index (χ2n) is 11.0. The minimum absolute atomic E-state index is 0.188. The fraction of sp³-hybridized carbons (Fsp3) is 0.0513. The number of hydrogen-bond acceptors (Lipinski definition) is 5. The van der Waals surface area contributed by atoms with Crippen molar-refractivity contribution >= 4 is 67.1 Å². The van der Waals surface area contributed by atoms with Crippen LogP contribution in [0, 0.1) is 0 Å². The molecule has 8 heteroatoms. The third-order valence-electron chi connectivity index (χ3n) is 8.00. The number of carbonyl (C=O) groups is 3. The number of rotatable bonds is 8. The summed E-state index contributed by atoms with van der Waals surface area (Å²) in [6.07, 6.45) is 1.51. The molecule has 230 valence electrons. The van der Waals surface area contributed by atoms with Crippen molar-refractivity contribution in [2.24, 2.45) is 0 Å². The Labute approximate surface area is 279 Å². The van der Waals surface area contributed by atoms with E-state index in [2.05, 4.69) is 39.4 Å². The summed E-state index contributed by atoms with van der Waals surface area (Å²) >= 11 is 3.42. The van der Waals surface area contributed by atoms with E-state index in [1.54, 1.807) is 24.3 Å². The van der Waals surface area contributed by atoms with Gasteiger partial charge in [-0.1, -0.05) is 101 Å². The summed E-state index contributed by atoms with van der Waals surface area (Å²) in [5.41, 5.74) is 2.67. The lowest BCUT2D eigenvalue weighted by atomic mass is 9.99. The van der Waals surface area contributed by atoms with Crippen LogP contribution in [0.1, 0.15) is 16.7 Å². The van der Waals surface area contributed by atoms with E-state index in [0.717, 1.165) is 42.0 Å². The lowest BCUT2D eigenvalue weighted by Gasteiger charge is -2.26. The number of nitrogens with one attached hydrogen (secondary N) is 1. The molecule has 7 rings (SSSR count). The van der Waals surface area contributed by atoms with Crippen molar-refractivity contribution in [3.8, 4) is 11.5 Å². The molecule has 1 saturated heterocycles. The molecule has 1 aliphatic heterocycles. The number of benzene rings is 6. The molecule has 0 aromatic heterocycles. The van der Waals surface area contributed by atoms with Gasteiger partial charge >= 0.3 is 6.03 Å². The van der Waals surface area contributed by atoms with Crippen molar-refractivity contribution in [3.05, 3.63) is 154 Å². The summed E-state index contributed by atoms with van der Waals surface area (Å²) in [6, 6.07) is 39.1. The normalized spacial score (nSPS) is 14.1. The average molecular weight is 684 g/mol. The Morgan fingerprint density at radius 3 is 2.11 bits per heavy atom. The van der Waals surface area contributed by atoms with E-state index in [0.29, 0.717) is 29.4 Å². The van der Waals surface area contributed by atoms with Crippen LogP contribution in [0.15, 0.2) is 137 Å². The highest BCUT2D eigenvalue weighted by Gasteiger charge is 2.37. The molecule has 1 fully saturated rings. The monoisotopic (exact) mass is 682 g/mol. The van der Waals surface area contributed by atoms with Crippen LogP contribution in [0.2, 0.25) is 0 Å². The van der Waals surface area contributed by atoms with Gasteiger partial charge in [0.1, 0.15) is 30.3 Å². The zero-order valence-corrected chi connectivity index (χ0v) is 26.6. The second-order valence-corrected chi connectivity index (χ2v) is 11.9. The number of urea groups is 1. The smallest absolute Gasteiger partial charge is 0.335 e. The van der Waals surface area contributed by atoms with Gasteiger partial charge in [-0.15, -0.1) is 0 Å². The fourth-order valence-electron chi connectivity index (χ4n) is 5.60. The standard InChI is InChI=1S/C39H27BrN2O5/c40-29-15-12-25(13-16-29)23-46-31-19-17-30(18-20-31)42-38(44)35(37(43)41-39(42)45)22-34-33-11-4-2-7-27(33)14-21-36(34)47-24-28-9-5-8-26-6-1-3-10-32(26)28/h1-22H,23-24H2,(H,41,43,45)/b35-22+. The van der Waals surface area contributed by atoms with Crippen LogP contribution in [0.3, 0.4) is 0 Å². The van der Waals surface area contributed by atoms with Crippen molar-refractivity contribution in [2.75, 3.05) is 4.90 Å². The molecule has 0 radical (unpaired) electrons. The average Bonchev–Trinajstić information content (AvgIpc) is 3.09. The predicted octanol–water partition coefficient (Wildman–Crippen LogP) is 8.58. The molecule has 0 aliphatic carbocycles. The lowest BCUT2D eigenvalue weighted by Crippen LogP contribution is -2.54. The van der Waals surface area contributed by atoms with E-state index in [4.69, 9.17) is 9.47 Å². The number of anilines is 1. The van der Waals surface area contributed by atoms with Gasteiger partial charge in [0.05, 0.1) is 5.69 Å². The molecule has 7 nitrogen and oxygen atoms in total. The number of halogens is 1. The van der Waals surface area contributed by atoms with E-state index in [1.807, 2.05) is 84.9 Å². The number of ether oxygens (including phenoxy) is 2. The largest absolute Gasteiger partial charge is 0.489 e. The van der Waals surface area contributed by atoms with Gasteiger partial charge in [-0.2, -0.15) is 0 Å². The van der Waals surface area contributed by atoms with Gasteiger partial charge in [0.2, 0.25) is 0 Å². The number of fused-ring (bicyclic) bond motifs is 2. The molecule has 0 spiro atoms. The summed E-state index contributed by atoms with van der Waals surface area (Å²) in [6.45, 7) is 0.629. The summed E-state index contributed by atoms with van der Waals surface area (Å²) < 4.78 is 13.2. The van der Waals surface area contributed by atoms with Crippen LogP contribution in [-0.4, -0.2) is 17.8 Å². The zero-order chi connectivity index (χ0) is 32.3. The van der Waals surface area contributed by atoms with Gasteiger partial charge in [-0.05, 0) is 81.2 Å². The number of hydrogen-bond donors (Lipinski definition) is 1. The maximum absolute atomic E-state index is 13.8. The first-order valence-electron chi connectivity index (χ1n) is 14.9. The molecule has 0 unspecified atom stereocenters. The van der Waals surface area contributed by atoms with Crippen LogP contribution < -0.4 is 19.7 Å².